The summed E-state index contributed by atoms with van der Waals surface area (Å²) in [5.41, 5.74) is 2.11. The Labute approximate surface area is 135 Å². The quantitative estimate of drug-likeness (QED) is 0.635. The van der Waals surface area contributed by atoms with Gasteiger partial charge in [-0.15, -0.1) is 10.2 Å². The summed E-state index contributed by atoms with van der Waals surface area (Å²) in [7, 11) is 0. The number of hydrogen-bond donors (Lipinski definition) is 0. The number of carbonyl (C=O) groups excluding carboxylic acids is 1. The Morgan fingerprint density at radius 2 is 2.36 bits per heavy atom. The van der Waals surface area contributed by atoms with Gasteiger partial charge in [0, 0.05) is 5.75 Å². The van der Waals surface area contributed by atoms with Crippen molar-refractivity contribution in [2.24, 2.45) is 5.10 Å². The minimum Gasteiger partial charge on any atom is -0.462 e. The first-order chi connectivity index (χ1) is 10.7. The molecule has 1 aliphatic rings. The average molecular weight is 334 g/mol. The molecule has 114 valence electrons. The zero-order valence-corrected chi connectivity index (χ0v) is 13.8. The summed E-state index contributed by atoms with van der Waals surface area (Å²) < 4.78 is 6.83. The predicted octanol–water partition coefficient (Wildman–Crippen LogP) is 2.60. The molecule has 1 aliphatic heterocycles. The van der Waals surface area contributed by atoms with Crippen LogP contribution in [0.1, 0.15) is 18.3 Å². The lowest BCUT2D eigenvalue weighted by atomic mass is 10.1. The molecule has 0 aromatic carbocycles. The summed E-state index contributed by atoms with van der Waals surface area (Å²) in [5.74, 6) is 0.896. The van der Waals surface area contributed by atoms with E-state index in [1.165, 1.54) is 11.8 Å². The standard InChI is InChI=1S/C14H14N4O2S2/c1-3-20-13(19)11(6-10-4-5-21-7-10)12-8-22-14-16-15-9(2)18(14)17-12/h4-7H,3,8H2,1-2H3/b11-6+. The van der Waals surface area contributed by atoms with Crippen molar-refractivity contribution in [3.63, 3.8) is 0 Å². The SMILES string of the molecule is CCOC(=O)/C(=C/c1ccsc1)C1=Nn2c(C)nnc2SC1. The van der Waals surface area contributed by atoms with Gasteiger partial charge in [0.2, 0.25) is 5.16 Å². The topological polar surface area (TPSA) is 69.4 Å². The van der Waals surface area contributed by atoms with Crippen LogP contribution < -0.4 is 0 Å². The van der Waals surface area contributed by atoms with Crippen molar-refractivity contribution in [2.45, 2.75) is 19.0 Å². The molecular weight excluding hydrogens is 320 g/mol. The Morgan fingerprint density at radius 3 is 3.09 bits per heavy atom. The van der Waals surface area contributed by atoms with E-state index in [4.69, 9.17) is 4.74 Å². The van der Waals surface area contributed by atoms with Gasteiger partial charge in [0.05, 0.1) is 17.9 Å². The summed E-state index contributed by atoms with van der Waals surface area (Å²) in [6.07, 6.45) is 1.82. The molecule has 3 heterocycles. The van der Waals surface area contributed by atoms with E-state index in [-0.39, 0.29) is 5.97 Å². The van der Waals surface area contributed by atoms with Crippen LogP contribution in [0, 0.1) is 6.92 Å². The van der Waals surface area contributed by atoms with Crippen molar-refractivity contribution in [1.82, 2.24) is 14.9 Å². The molecule has 0 fully saturated rings. The van der Waals surface area contributed by atoms with Gasteiger partial charge in [-0.1, -0.05) is 11.8 Å². The summed E-state index contributed by atoms with van der Waals surface area (Å²) in [5, 5.41) is 17.2. The average Bonchev–Trinajstić information content (AvgIpc) is 3.15. The van der Waals surface area contributed by atoms with E-state index < -0.39 is 0 Å². The monoisotopic (exact) mass is 334 g/mol. The Bertz CT molecular complexity index is 747. The molecule has 0 radical (unpaired) electrons. The largest absolute Gasteiger partial charge is 0.462 e. The highest BCUT2D eigenvalue weighted by Gasteiger charge is 2.24. The Morgan fingerprint density at radius 1 is 1.50 bits per heavy atom. The van der Waals surface area contributed by atoms with Gasteiger partial charge in [-0.05, 0) is 42.3 Å². The molecule has 0 amide bonds. The van der Waals surface area contributed by atoms with Crippen LogP contribution in [-0.2, 0) is 9.53 Å². The fourth-order valence-electron chi connectivity index (χ4n) is 1.95. The number of fused-ring (bicyclic) bond motifs is 1. The third-order valence-corrected chi connectivity index (χ3v) is 4.62. The molecule has 0 aliphatic carbocycles. The van der Waals surface area contributed by atoms with Crippen molar-refractivity contribution in [3.05, 3.63) is 33.8 Å². The van der Waals surface area contributed by atoms with E-state index in [0.717, 1.165) is 10.7 Å². The van der Waals surface area contributed by atoms with Crippen molar-refractivity contribution in [2.75, 3.05) is 12.4 Å². The van der Waals surface area contributed by atoms with Gasteiger partial charge < -0.3 is 4.74 Å². The summed E-state index contributed by atoms with van der Waals surface area (Å²) in [6.45, 7) is 3.95. The number of hydrogen-bond acceptors (Lipinski definition) is 7. The van der Waals surface area contributed by atoms with E-state index in [9.17, 15) is 4.79 Å². The maximum atomic E-state index is 12.3. The number of aryl methyl sites for hydroxylation is 1. The molecule has 0 spiro atoms. The Balaban J connectivity index is 2.01. The second-order valence-corrected chi connectivity index (χ2v) is 6.23. The fourth-order valence-corrected chi connectivity index (χ4v) is 3.44. The van der Waals surface area contributed by atoms with E-state index >= 15 is 0 Å². The molecule has 2 aromatic rings. The molecule has 6 nitrogen and oxygen atoms in total. The first-order valence-electron chi connectivity index (χ1n) is 6.73. The van der Waals surface area contributed by atoms with Crippen molar-refractivity contribution >= 4 is 40.9 Å². The van der Waals surface area contributed by atoms with Crippen LogP contribution in [0.5, 0.6) is 0 Å². The summed E-state index contributed by atoms with van der Waals surface area (Å²) >= 11 is 3.09. The van der Waals surface area contributed by atoms with Crippen molar-refractivity contribution in [1.29, 1.82) is 0 Å². The third-order valence-electron chi connectivity index (χ3n) is 2.99. The number of rotatable bonds is 4. The second kappa shape index (κ2) is 6.45. The Hall–Kier alpha value is -1.93. The van der Waals surface area contributed by atoms with E-state index in [0.29, 0.717) is 29.5 Å². The minimum atomic E-state index is -0.359. The predicted molar refractivity (Wildman–Crippen MR) is 87.2 cm³/mol. The zero-order valence-electron chi connectivity index (χ0n) is 12.1. The van der Waals surface area contributed by atoms with Crippen LogP contribution in [0.2, 0.25) is 0 Å². The molecular formula is C14H14N4O2S2. The molecule has 2 aromatic heterocycles. The van der Waals surface area contributed by atoms with Crippen molar-refractivity contribution in [3.8, 4) is 0 Å². The fraction of sp³-hybridized carbons (Fsp3) is 0.286. The zero-order chi connectivity index (χ0) is 15.5. The maximum absolute atomic E-state index is 12.3. The lowest BCUT2D eigenvalue weighted by Gasteiger charge is -2.15. The maximum Gasteiger partial charge on any atom is 0.340 e. The lowest BCUT2D eigenvalue weighted by molar-refractivity contribution is -0.137. The van der Waals surface area contributed by atoms with Gasteiger partial charge in [-0.2, -0.15) is 21.1 Å². The molecule has 8 heteroatoms. The van der Waals surface area contributed by atoms with Crippen LogP contribution in [0.4, 0.5) is 0 Å². The minimum absolute atomic E-state index is 0.330. The number of esters is 1. The van der Waals surface area contributed by atoms with Gasteiger partial charge in [0.25, 0.3) is 0 Å². The summed E-state index contributed by atoms with van der Waals surface area (Å²) in [6, 6.07) is 1.95. The number of nitrogens with zero attached hydrogens (tertiary/aromatic N) is 4. The van der Waals surface area contributed by atoms with Crippen molar-refractivity contribution < 1.29 is 9.53 Å². The van der Waals surface area contributed by atoms with E-state index in [1.807, 2.05) is 29.8 Å². The first kappa shape index (κ1) is 15.0. The third kappa shape index (κ3) is 2.97. The highest BCUT2D eigenvalue weighted by Crippen LogP contribution is 2.25. The molecule has 0 bridgehead atoms. The lowest BCUT2D eigenvalue weighted by Crippen LogP contribution is -2.21. The molecule has 22 heavy (non-hydrogen) atoms. The number of aromatic nitrogens is 3. The first-order valence-corrected chi connectivity index (χ1v) is 8.66. The second-order valence-electron chi connectivity index (χ2n) is 4.51. The van der Waals surface area contributed by atoms with Gasteiger partial charge in [0.15, 0.2) is 5.82 Å². The number of thioether (sulfide) groups is 1. The highest BCUT2D eigenvalue weighted by atomic mass is 32.2. The molecule has 0 saturated carbocycles. The van der Waals surface area contributed by atoms with Crippen LogP contribution in [0.15, 0.2) is 32.7 Å². The highest BCUT2D eigenvalue weighted by molar-refractivity contribution is 7.99. The number of ether oxygens (including phenoxy) is 1. The van der Waals surface area contributed by atoms with E-state index in [2.05, 4.69) is 15.3 Å². The number of thiophene rings is 1. The van der Waals surface area contributed by atoms with Gasteiger partial charge in [-0.25, -0.2) is 4.79 Å². The Kier molecular flexibility index (Phi) is 4.39. The van der Waals surface area contributed by atoms with E-state index in [1.54, 1.807) is 22.9 Å². The number of carbonyl (C=O) groups is 1. The summed E-state index contributed by atoms with van der Waals surface area (Å²) in [4.78, 5) is 12.3. The van der Waals surface area contributed by atoms with Crippen LogP contribution in [0.3, 0.4) is 0 Å². The molecule has 0 N–H and O–H groups in total. The smallest absolute Gasteiger partial charge is 0.340 e. The van der Waals surface area contributed by atoms with Crippen LogP contribution in [0.25, 0.3) is 6.08 Å². The van der Waals surface area contributed by atoms with Gasteiger partial charge in [0.1, 0.15) is 0 Å². The molecule has 0 atom stereocenters. The van der Waals surface area contributed by atoms with Gasteiger partial charge in [-0.3, -0.25) is 0 Å². The molecule has 3 rings (SSSR count). The normalized spacial score (nSPS) is 14.5. The molecule has 0 saturated heterocycles. The molecule has 0 unspecified atom stereocenters. The van der Waals surface area contributed by atoms with Crippen LogP contribution in [-0.4, -0.2) is 38.9 Å². The van der Waals surface area contributed by atoms with Crippen LogP contribution >= 0.6 is 23.1 Å². The van der Waals surface area contributed by atoms with Gasteiger partial charge >= 0.3 is 5.97 Å².